The standard InChI is InChI=1S/C15H19N3O/c19-15(13-8-4-5-9-16-13)12-10-17-18-14(12)11-6-2-1-3-7-11/h1-3,6-7,10,13,15-16,19H,4-5,8-9H2,(H,17,18). The van der Waals surface area contributed by atoms with E-state index < -0.39 is 6.10 Å². The summed E-state index contributed by atoms with van der Waals surface area (Å²) in [4.78, 5) is 0. The maximum Gasteiger partial charge on any atom is 0.0979 e. The molecule has 19 heavy (non-hydrogen) atoms. The molecule has 1 aromatic carbocycles. The van der Waals surface area contributed by atoms with Gasteiger partial charge in [0.1, 0.15) is 0 Å². The molecule has 4 nitrogen and oxygen atoms in total. The van der Waals surface area contributed by atoms with Crippen molar-refractivity contribution in [1.82, 2.24) is 15.5 Å². The van der Waals surface area contributed by atoms with Gasteiger partial charge in [-0.1, -0.05) is 36.8 Å². The monoisotopic (exact) mass is 257 g/mol. The molecule has 1 saturated heterocycles. The van der Waals surface area contributed by atoms with E-state index in [1.54, 1.807) is 6.20 Å². The van der Waals surface area contributed by atoms with Crippen LogP contribution in [0.1, 0.15) is 30.9 Å². The van der Waals surface area contributed by atoms with Crippen LogP contribution in [0.4, 0.5) is 0 Å². The summed E-state index contributed by atoms with van der Waals surface area (Å²) in [5.74, 6) is 0. The van der Waals surface area contributed by atoms with Crippen LogP contribution < -0.4 is 5.32 Å². The molecule has 2 heterocycles. The zero-order valence-corrected chi connectivity index (χ0v) is 10.8. The van der Waals surface area contributed by atoms with Crippen molar-refractivity contribution >= 4 is 0 Å². The third kappa shape index (κ3) is 2.55. The quantitative estimate of drug-likeness (QED) is 0.790. The predicted molar refractivity (Wildman–Crippen MR) is 74.6 cm³/mol. The Hall–Kier alpha value is -1.65. The molecular formula is C15H19N3O. The normalized spacial score (nSPS) is 21.2. The largest absolute Gasteiger partial charge is 0.387 e. The fourth-order valence-corrected chi connectivity index (χ4v) is 2.72. The highest BCUT2D eigenvalue weighted by Gasteiger charge is 2.25. The minimum atomic E-state index is -0.505. The van der Waals surface area contributed by atoms with Gasteiger partial charge in [-0.15, -0.1) is 0 Å². The first-order valence-electron chi connectivity index (χ1n) is 6.86. The average Bonchev–Trinajstić information content (AvgIpc) is 2.98. The Morgan fingerprint density at radius 3 is 2.79 bits per heavy atom. The maximum atomic E-state index is 10.6. The molecule has 3 N–H and O–H groups in total. The number of aliphatic hydroxyl groups is 1. The van der Waals surface area contributed by atoms with E-state index in [9.17, 15) is 5.11 Å². The first-order valence-corrected chi connectivity index (χ1v) is 6.86. The lowest BCUT2D eigenvalue weighted by molar-refractivity contribution is 0.114. The summed E-state index contributed by atoms with van der Waals surface area (Å²) in [6.45, 7) is 0.986. The van der Waals surface area contributed by atoms with Crippen molar-refractivity contribution < 1.29 is 5.11 Å². The van der Waals surface area contributed by atoms with E-state index in [-0.39, 0.29) is 6.04 Å². The summed E-state index contributed by atoms with van der Waals surface area (Å²) in [6, 6.07) is 10.2. The topological polar surface area (TPSA) is 60.9 Å². The molecule has 2 aromatic rings. The second kappa shape index (κ2) is 5.55. The van der Waals surface area contributed by atoms with Crippen molar-refractivity contribution in [3.05, 3.63) is 42.1 Å². The van der Waals surface area contributed by atoms with Crippen molar-refractivity contribution in [2.45, 2.75) is 31.4 Å². The molecular weight excluding hydrogens is 238 g/mol. The van der Waals surface area contributed by atoms with Gasteiger partial charge in [0.05, 0.1) is 18.0 Å². The highest BCUT2D eigenvalue weighted by Crippen LogP contribution is 2.30. The average molecular weight is 257 g/mol. The van der Waals surface area contributed by atoms with Gasteiger partial charge in [-0.2, -0.15) is 5.10 Å². The summed E-state index contributed by atoms with van der Waals surface area (Å²) in [7, 11) is 0. The highest BCUT2D eigenvalue weighted by molar-refractivity contribution is 5.63. The minimum Gasteiger partial charge on any atom is -0.387 e. The van der Waals surface area contributed by atoms with Gasteiger partial charge in [-0.25, -0.2) is 0 Å². The highest BCUT2D eigenvalue weighted by atomic mass is 16.3. The van der Waals surface area contributed by atoms with Crippen molar-refractivity contribution in [2.24, 2.45) is 0 Å². The van der Waals surface area contributed by atoms with E-state index in [0.717, 1.165) is 29.8 Å². The number of aliphatic hydroxyl groups excluding tert-OH is 1. The zero-order chi connectivity index (χ0) is 13.1. The summed E-state index contributed by atoms with van der Waals surface area (Å²) in [6.07, 6.45) is 4.62. The van der Waals surface area contributed by atoms with E-state index in [1.807, 2.05) is 30.3 Å². The van der Waals surface area contributed by atoms with Crippen LogP contribution >= 0.6 is 0 Å². The van der Waals surface area contributed by atoms with Crippen LogP contribution in [0.15, 0.2) is 36.5 Å². The Balaban J connectivity index is 1.87. The Morgan fingerprint density at radius 2 is 2.05 bits per heavy atom. The lowest BCUT2D eigenvalue weighted by Crippen LogP contribution is -2.38. The smallest absolute Gasteiger partial charge is 0.0979 e. The van der Waals surface area contributed by atoms with Crippen molar-refractivity contribution in [3.63, 3.8) is 0 Å². The number of hydrogen-bond donors (Lipinski definition) is 3. The Bertz CT molecular complexity index is 517. The lowest BCUT2D eigenvalue weighted by Gasteiger charge is -2.28. The summed E-state index contributed by atoms with van der Waals surface area (Å²) in [5.41, 5.74) is 2.86. The van der Waals surface area contributed by atoms with Crippen molar-refractivity contribution in [1.29, 1.82) is 0 Å². The number of H-pyrrole nitrogens is 1. The summed E-state index contributed by atoms with van der Waals surface area (Å²) < 4.78 is 0. The van der Waals surface area contributed by atoms with Gasteiger partial charge in [-0.05, 0) is 24.9 Å². The lowest BCUT2D eigenvalue weighted by atomic mass is 9.94. The molecule has 0 aliphatic carbocycles. The van der Waals surface area contributed by atoms with E-state index in [4.69, 9.17) is 0 Å². The van der Waals surface area contributed by atoms with Gasteiger partial charge >= 0.3 is 0 Å². The van der Waals surface area contributed by atoms with E-state index in [0.29, 0.717) is 0 Å². The Kier molecular flexibility index (Phi) is 3.62. The van der Waals surface area contributed by atoms with E-state index >= 15 is 0 Å². The number of hydrogen-bond acceptors (Lipinski definition) is 3. The first-order chi connectivity index (χ1) is 9.36. The number of aromatic amines is 1. The molecule has 0 radical (unpaired) electrons. The van der Waals surface area contributed by atoms with Gasteiger partial charge in [0, 0.05) is 11.6 Å². The second-order valence-corrected chi connectivity index (χ2v) is 5.07. The third-order valence-electron chi connectivity index (χ3n) is 3.78. The SMILES string of the molecule is OC(c1cn[nH]c1-c1ccccc1)C1CCCCN1. The molecule has 100 valence electrons. The molecule has 0 saturated carbocycles. The number of benzene rings is 1. The molecule has 1 fully saturated rings. The third-order valence-corrected chi connectivity index (χ3v) is 3.78. The molecule has 1 aromatic heterocycles. The van der Waals surface area contributed by atoms with Crippen molar-refractivity contribution in [3.8, 4) is 11.3 Å². The van der Waals surface area contributed by atoms with Gasteiger partial charge in [-0.3, -0.25) is 5.10 Å². The van der Waals surface area contributed by atoms with E-state index in [1.165, 1.54) is 12.8 Å². The van der Waals surface area contributed by atoms with Crippen LogP contribution in [0.3, 0.4) is 0 Å². The molecule has 4 heteroatoms. The molecule has 1 aliphatic rings. The second-order valence-electron chi connectivity index (χ2n) is 5.07. The van der Waals surface area contributed by atoms with Gasteiger partial charge in [0.2, 0.25) is 0 Å². The fraction of sp³-hybridized carbons (Fsp3) is 0.400. The van der Waals surface area contributed by atoms with Crippen LogP contribution in [0.2, 0.25) is 0 Å². The van der Waals surface area contributed by atoms with Gasteiger partial charge < -0.3 is 10.4 Å². The van der Waals surface area contributed by atoms with Crippen LogP contribution in [0, 0.1) is 0 Å². The van der Waals surface area contributed by atoms with Gasteiger partial charge in [0.25, 0.3) is 0 Å². The first kappa shape index (κ1) is 12.4. The molecule has 0 spiro atoms. The Morgan fingerprint density at radius 1 is 1.21 bits per heavy atom. The van der Waals surface area contributed by atoms with Crippen LogP contribution in [-0.2, 0) is 0 Å². The van der Waals surface area contributed by atoms with Crippen LogP contribution in [0.5, 0.6) is 0 Å². The molecule has 0 amide bonds. The number of nitrogens with one attached hydrogen (secondary N) is 2. The van der Waals surface area contributed by atoms with Crippen LogP contribution in [-0.4, -0.2) is 27.9 Å². The number of piperidine rings is 1. The summed E-state index contributed by atoms with van der Waals surface area (Å²) in [5, 5.41) is 21.1. The zero-order valence-electron chi connectivity index (χ0n) is 10.8. The van der Waals surface area contributed by atoms with Crippen molar-refractivity contribution in [2.75, 3.05) is 6.54 Å². The molecule has 1 aliphatic heterocycles. The van der Waals surface area contributed by atoms with E-state index in [2.05, 4.69) is 15.5 Å². The van der Waals surface area contributed by atoms with Gasteiger partial charge in [0.15, 0.2) is 0 Å². The molecule has 2 unspecified atom stereocenters. The predicted octanol–water partition coefficient (Wildman–Crippen LogP) is 2.25. The minimum absolute atomic E-state index is 0.133. The molecule has 2 atom stereocenters. The number of nitrogens with zero attached hydrogens (tertiary/aromatic N) is 1. The van der Waals surface area contributed by atoms with Crippen LogP contribution in [0.25, 0.3) is 11.3 Å². The number of rotatable bonds is 3. The Labute approximate surface area is 112 Å². The maximum absolute atomic E-state index is 10.6. The fourth-order valence-electron chi connectivity index (χ4n) is 2.72. The number of aromatic nitrogens is 2. The molecule has 0 bridgehead atoms. The molecule has 3 rings (SSSR count). The summed E-state index contributed by atoms with van der Waals surface area (Å²) >= 11 is 0.